The first-order valence-electron chi connectivity index (χ1n) is 14.9. The van der Waals surface area contributed by atoms with E-state index in [2.05, 4.69) is 25.6 Å². The van der Waals surface area contributed by atoms with Crippen LogP contribution in [0.4, 0.5) is 0 Å². The van der Waals surface area contributed by atoms with Crippen molar-refractivity contribution in [2.24, 2.45) is 10.7 Å². The summed E-state index contributed by atoms with van der Waals surface area (Å²) in [6.45, 7) is 14.8. The van der Waals surface area contributed by atoms with Crippen LogP contribution < -0.4 is 5.73 Å². The third-order valence-corrected chi connectivity index (χ3v) is 9.55. The number of terminal acetylenes is 1. The maximum absolute atomic E-state index is 12.8. The molecule has 0 saturated carbocycles. The molecule has 1 saturated heterocycles. The highest BCUT2D eigenvalue weighted by molar-refractivity contribution is 7.52. The van der Waals surface area contributed by atoms with E-state index in [1.807, 2.05) is 43.0 Å². The zero-order chi connectivity index (χ0) is 31.7. The normalized spacial score (nSPS) is 20.1. The average Bonchev–Trinajstić information content (AvgIpc) is 2.97. The molecule has 1 aromatic heterocycles. The number of pyridine rings is 1. The van der Waals surface area contributed by atoms with Gasteiger partial charge in [0.1, 0.15) is 6.29 Å². The number of aromatic nitrogens is 1. The van der Waals surface area contributed by atoms with Crippen LogP contribution in [0.3, 0.4) is 0 Å². The van der Waals surface area contributed by atoms with E-state index >= 15 is 0 Å². The number of allylic oxidation sites excluding steroid dienone is 1. The summed E-state index contributed by atoms with van der Waals surface area (Å²) in [6.07, 6.45) is 7.90. The van der Waals surface area contributed by atoms with E-state index in [1.54, 1.807) is 13.8 Å². The van der Waals surface area contributed by atoms with Crippen LogP contribution in [0.1, 0.15) is 39.1 Å². The zero-order valence-corrected chi connectivity index (χ0v) is 28.1. The quantitative estimate of drug-likeness (QED) is 0.157. The number of rotatable bonds is 14. The predicted molar refractivity (Wildman–Crippen MR) is 175 cm³/mol. The average molecular weight is 640 g/mol. The smallest absolute Gasteiger partial charge is 0.341 e. The van der Waals surface area contributed by atoms with E-state index in [9.17, 15) is 14.4 Å². The van der Waals surface area contributed by atoms with Crippen LogP contribution in [0.15, 0.2) is 35.0 Å². The molecule has 43 heavy (non-hydrogen) atoms. The van der Waals surface area contributed by atoms with Gasteiger partial charge in [-0.05, 0) is 39.8 Å². The monoisotopic (exact) mass is 639 g/mol. The Bertz CT molecular complexity index is 1120. The fourth-order valence-corrected chi connectivity index (χ4v) is 6.94. The molecule has 1 aliphatic heterocycles. The van der Waals surface area contributed by atoms with Gasteiger partial charge in [0.25, 0.3) is 0 Å². The topological polar surface area (TPSA) is 140 Å². The van der Waals surface area contributed by atoms with Gasteiger partial charge in [-0.1, -0.05) is 18.1 Å². The lowest BCUT2D eigenvalue weighted by atomic mass is 10.2. The summed E-state index contributed by atoms with van der Waals surface area (Å²) in [7, 11) is -5.35. The summed E-state index contributed by atoms with van der Waals surface area (Å²) in [6, 6.07) is 5.87. The van der Waals surface area contributed by atoms with Gasteiger partial charge in [0, 0.05) is 72.0 Å². The Kier molecular flexibility index (Phi) is 17.9. The molecular weight excluding hydrogens is 588 g/mol. The molecule has 0 aliphatic carbocycles. The van der Waals surface area contributed by atoms with Crippen LogP contribution >= 0.6 is 16.0 Å². The molecule has 1 aromatic rings. The van der Waals surface area contributed by atoms with Gasteiger partial charge in [0.05, 0.1) is 42.3 Å². The number of nitrogens with zero attached hydrogens (tertiary/aromatic N) is 6. The van der Waals surface area contributed by atoms with Gasteiger partial charge < -0.3 is 24.6 Å². The number of hydrogen-bond acceptors (Lipinski definition) is 11. The van der Waals surface area contributed by atoms with E-state index in [0.29, 0.717) is 90.6 Å². The molecule has 12 nitrogen and oxygen atoms in total. The minimum atomic E-state index is -3.78. The van der Waals surface area contributed by atoms with Crippen molar-refractivity contribution in [2.75, 3.05) is 84.7 Å². The van der Waals surface area contributed by atoms with Gasteiger partial charge in [-0.15, -0.1) is 6.42 Å². The molecule has 2 unspecified atom stereocenters. The second kappa shape index (κ2) is 20.5. The Hall–Kier alpha value is -1.58. The molecule has 14 heteroatoms. The minimum absolute atomic E-state index is 0.0520. The van der Waals surface area contributed by atoms with Crippen LogP contribution in [-0.4, -0.2) is 125 Å². The van der Waals surface area contributed by atoms with Gasteiger partial charge in [0.2, 0.25) is 0 Å². The third-order valence-electron chi connectivity index (χ3n) is 6.94. The van der Waals surface area contributed by atoms with Crippen molar-refractivity contribution in [3.63, 3.8) is 0 Å². The van der Waals surface area contributed by atoms with Crippen LogP contribution in [0.5, 0.6) is 0 Å². The molecule has 2 rings (SSSR count). The number of nitrogens with two attached hydrogens (primary N) is 1. The summed E-state index contributed by atoms with van der Waals surface area (Å²) in [5, 5.41) is 0. The van der Waals surface area contributed by atoms with Gasteiger partial charge in [-0.3, -0.25) is 29.1 Å². The van der Waals surface area contributed by atoms with Crippen LogP contribution in [-0.2, 0) is 26.7 Å². The highest BCUT2D eigenvalue weighted by Crippen LogP contribution is 2.42. The lowest BCUT2D eigenvalue weighted by molar-refractivity contribution is 0.140. The Balaban J connectivity index is 2.33. The first-order chi connectivity index (χ1) is 20.6. The standard InChI is InChI=1S/C29H51N7O5P2/c1-6-26(5)31-27(7-2)22-33-13-17-35(24-42(37)40-8-3)18-14-34(23-29-12-10-11-28(21-30)32-29)16-20-36(19-15-33)25-43(38,39)41-9-4/h1,7,10-12,37H,8-9,13-25,30H2,2-5H3,(H,38,39)/b27-7-,31-26?. The van der Waals surface area contributed by atoms with Crippen LogP contribution in [0.25, 0.3) is 0 Å². The maximum Gasteiger partial charge on any atom is 0.341 e. The molecule has 0 aromatic carbocycles. The van der Waals surface area contributed by atoms with Crippen LogP contribution in [0, 0.1) is 12.3 Å². The number of aliphatic imine (C=N–C) groups is 1. The lowest BCUT2D eigenvalue weighted by Gasteiger charge is -2.35. The first kappa shape index (κ1) is 37.6. The molecule has 0 bridgehead atoms. The molecule has 4 N–H and O–H groups in total. The Morgan fingerprint density at radius 3 is 2.28 bits per heavy atom. The third kappa shape index (κ3) is 15.3. The van der Waals surface area contributed by atoms with E-state index in [1.165, 1.54) is 0 Å². The fraction of sp³-hybridized carbons (Fsp3) is 0.655. The molecule has 242 valence electrons. The summed E-state index contributed by atoms with van der Waals surface area (Å²) in [5.41, 5.74) is 9.05. The van der Waals surface area contributed by atoms with Crippen molar-refractivity contribution in [1.82, 2.24) is 24.6 Å². The predicted octanol–water partition coefficient (Wildman–Crippen LogP) is 2.74. The van der Waals surface area contributed by atoms with Crippen molar-refractivity contribution in [3.8, 4) is 12.3 Å². The van der Waals surface area contributed by atoms with Crippen molar-refractivity contribution in [3.05, 3.63) is 41.4 Å². The van der Waals surface area contributed by atoms with Gasteiger partial charge in [-0.25, -0.2) is 4.99 Å². The summed E-state index contributed by atoms with van der Waals surface area (Å²) in [4.78, 5) is 39.1. The Labute approximate surface area is 259 Å². The molecule has 1 fully saturated rings. The summed E-state index contributed by atoms with van der Waals surface area (Å²) >= 11 is 0. The molecule has 0 amide bonds. The Morgan fingerprint density at radius 2 is 1.70 bits per heavy atom. The maximum atomic E-state index is 12.8. The fourth-order valence-electron chi connectivity index (χ4n) is 4.66. The second-order valence-electron chi connectivity index (χ2n) is 10.3. The highest BCUT2D eigenvalue weighted by Gasteiger charge is 2.25. The summed E-state index contributed by atoms with van der Waals surface area (Å²) < 4.78 is 23.6. The zero-order valence-electron chi connectivity index (χ0n) is 26.3. The van der Waals surface area contributed by atoms with Crippen molar-refractivity contribution >= 4 is 21.7 Å². The van der Waals surface area contributed by atoms with E-state index in [4.69, 9.17) is 26.2 Å². The largest absolute Gasteiger partial charge is 0.349 e. The van der Waals surface area contributed by atoms with E-state index in [-0.39, 0.29) is 12.9 Å². The van der Waals surface area contributed by atoms with E-state index in [0.717, 1.165) is 17.1 Å². The van der Waals surface area contributed by atoms with E-state index < -0.39 is 16.0 Å². The van der Waals surface area contributed by atoms with Crippen molar-refractivity contribution in [1.29, 1.82) is 0 Å². The molecule has 2 atom stereocenters. The van der Waals surface area contributed by atoms with Gasteiger partial charge >= 0.3 is 7.60 Å². The first-order valence-corrected chi connectivity index (χ1v) is 18.0. The SMILES string of the molecule is C#CC(C)=N/C(=C\C)CN1CCN(CP(O)OCC)CCN(Cc2cccc(CN)n2)CCN(CP(=O)(O)OCC)CC1. The molecule has 0 radical (unpaired) electrons. The second-order valence-corrected chi connectivity index (χ2v) is 13.4. The van der Waals surface area contributed by atoms with Gasteiger partial charge in [-0.2, -0.15) is 0 Å². The molecule has 2 heterocycles. The molecule has 0 spiro atoms. The highest BCUT2D eigenvalue weighted by atomic mass is 31.2. The minimum Gasteiger partial charge on any atom is -0.349 e. The number of hydrogen-bond donors (Lipinski definition) is 3. The lowest BCUT2D eigenvalue weighted by Crippen LogP contribution is -2.46. The Morgan fingerprint density at radius 1 is 1.09 bits per heavy atom. The van der Waals surface area contributed by atoms with Gasteiger partial charge in [0.15, 0.2) is 8.38 Å². The molecular formula is C29H51N7O5P2. The van der Waals surface area contributed by atoms with Crippen LogP contribution in [0.2, 0.25) is 0 Å². The van der Waals surface area contributed by atoms with Crippen molar-refractivity contribution in [2.45, 2.75) is 40.8 Å². The van der Waals surface area contributed by atoms with Crippen molar-refractivity contribution < 1.29 is 23.4 Å². The summed E-state index contributed by atoms with van der Waals surface area (Å²) in [5.74, 6) is 2.58. The molecule has 1 aliphatic rings.